The average molecular weight is 283 g/mol. The molecule has 112 valence electrons. The zero-order chi connectivity index (χ0) is 15.3. The highest BCUT2D eigenvalue weighted by Crippen LogP contribution is 2.18. The van der Waals surface area contributed by atoms with Crippen LogP contribution in [0.2, 0.25) is 0 Å². The van der Waals surface area contributed by atoms with Crippen molar-refractivity contribution in [3.8, 4) is 0 Å². The molecule has 0 aliphatic rings. The largest absolute Gasteiger partial charge is 0.396 e. The second-order valence-electron chi connectivity index (χ2n) is 5.54. The Morgan fingerprint density at radius 1 is 1.55 bits per heavy atom. The van der Waals surface area contributed by atoms with E-state index in [1.807, 2.05) is 20.8 Å². The van der Waals surface area contributed by atoms with Crippen molar-refractivity contribution in [2.24, 2.45) is 5.41 Å². The van der Waals surface area contributed by atoms with Gasteiger partial charge in [-0.25, -0.2) is 0 Å². The molecule has 0 aliphatic carbocycles. The normalized spacial score (nSPS) is 11.4. The second-order valence-corrected chi connectivity index (χ2v) is 5.54. The summed E-state index contributed by atoms with van der Waals surface area (Å²) in [6.45, 7) is 6.36. The van der Waals surface area contributed by atoms with Gasteiger partial charge in [0.05, 0.1) is 11.1 Å². The lowest BCUT2D eigenvalue weighted by Crippen LogP contribution is -2.36. The topological polar surface area (TPSA) is 97.4 Å². The van der Waals surface area contributed by atoms with E-state index >= 15 is 0 Å². The summed E-state index contributed by atoms with van der Waals surface area (Å²) in [5.74, 6) is -0.368. The minimum atomic E-state index is -0.513. The number of rotatable bonds is 7. The number of aliphatic hydroxyl groups excluding tert-OH is 1. The molecule has 0 saturated heterocycles. The zero-order valence-electron chi connectivity index (χ0n) is 12.0. The smallest absolute Gasteiger partial charge is 0.287 e. The molecule has 1 rings (SSSR count). The van der Waals surface area contributed by atoms with Crippen molar-refractivity contribution in [1.82, 2.24) is 9.88 Å². The van der Waals surface area contributed by atoms with Crippen LogP contribution in [0.4, 0.5) is 5.69 Å². The van der Waals surface area contributed by atoms with Crippen molar-refractivity contribution in [3.05, 3.63) is 28.1 Å². The Kier molecular flexibility index (Phi) is 5.26. The number of nitrogens with one attached hydrogen (secondary N) is 1. The van der Waals surface area contributed by atoms with Gasteiger partial charge < -0.3 is 15.0 Å². The van der Waals surface area contributed by atoms with Crippen molar-refractivity contribution in [1.29, 1.82) is 0 Å². The summed E-state index contributed by atoms with van der Waals surface area (Å²) in [6.07, 6.45) is 2.14. The van der Waals surface area contributed by atoms with Crippen LogP contribution in [0.3, 0.4) is 0 Å². The molecule has 0 atom stereocenters. The summed E-state index contributed by atoms with van der Waals surface area (Å²) in [5, 5.41) is 22.6. The third-order valence-electron chi connectivity index (χ3n) is 2.95. The highest BCUT2D eigenvalue weighted by molar-refractivity contribution is 5.93. The first kappa shape index (κ1) is 16.2. The van der Waals surface area contributed by atoms with Gasteiger partial charge in [-0.05, 0) is 6.42 Å². The van der Waals surface area contributed by atoms with E-state index in [2.05, 4.69) is 5.32 Å². The van der Waals surface area contributed by atoms with Gasteiger partial charge >= 0.3 is 0 Å². The minimum absolute atomic E-state index is 0.0522. The number of carbonyl (C=O) groups excluding carboxylic acids is 1. The van der Waals surface area contributed by atoms with Crippen LogP contribution in [0.1, 0.15) is 37.7 Å². The van der Waals surface area contributed by atoms with Crippen LogP contribution in [0, 0.1) is 15.5 Å². The molecule has 0 aromatic carbocycles. The number of hydrogen-bond acceptors (Lipinski definition) is 4. The third kappa shape index (κ3) is 4.06. The Hall–Kier alpha value is -1.89. The van der Waals surface area contributed by atoms with Crippen molar-refractivity contribution < 1.29 is 14.8 Å². The van der Waals surface area contributed by atoms with E-state index in [4.69, 9.17) is 5.11 Å². The Bertz CT molecular complexity index is 494. The van der Waals surface area contributed by atoms with Crippen molar-refractivity contribution >= 4 is 11.6 Å². The molecule has 7 nitrogen and oxygen atoms in total. The highest BCUT2D eigenvalue weighted by Gasteiger charge is 2.22. The summed E-state index contributed by atoms with van der Waals surface area (Å²) in [7, 11) is 0. The first-order valence-electron chi connectivity index (χ1n) is 6.54. The number of aromatic nitrogens is 1. The number of carbonyl (C=O) groups is 1. The number of nitrogens with zero attached hydrogens (tertiary/aromatic N) is 2. The Labute approximate surface area is 117 Å². The van der Waals surface area contributed by atoms with E-state index in [1.165, 1.54) is 12.3 Å². The quantitative estimate of drug-likeness (QED) is 0.586. The summed E-state index contributed by atoms with van der Waals surface area (Å²) >= 11 is 0. The Morgan fingerprint density at radius 3 is 2.70 bits per heavy atom. The lowest BCUT2D eigenvalue weighted by molar-refractivity contribution is -0.384. The maximum atomic E-state index is 12.1. The van der Waals surface area contributed by atoms with Crippen molar-refractivity contribution in [3.63, 3.8) is 0 Å². The fraction of sp³-hybridized carbons (Fsp3) is 0.615. The number of aliphatic hydroxyl groups is 1. The van der Waals surface area contributed by atoms with Crippen molar-refractivity contribution in [2.45, 2.75) is 33.7 Å². The second kappa shape index (κ2) is 6.51. The maximum absolute atomic E-state index is 12.1. The van der Waals surface area contributed by atoms with Gasteiger partial charge in [-0.2, -0.15) is 0 Å². The van der Waals surface area contributed by atoms with Crippen LogP contribution < -0.4 is 5.32 Å². The molecule has 1 heterocycles. The van der Waals surface area contributed by atoms with E-state index < -0.39 is 10.3 Å². The van der Waals surface area contributed by atoms with Crippen LogP contribution in [0.15, 0.2) is 12.3 Å². The number of amides is 1. The van der Waals surface area contributed by atoms with Gasteiger partial charge in [-0.1, -0.05) is 20.8 Å². The molecule has 0 saturated carbocycles. The van der Waals surface area contributed by atoms with Gasteiger partial charge in [0, 0.05) is 31.2 Å². The molecule has 0 unspecified atom stereocenters. The summed E-state index contributed by atoms with van der Waals surface area (Å²) < 4.78 is 1.58. The van der Waals surface area contributed by atoms with E-state index in [9.17, 15) is 14.9 Å². The molecule has 1 aromatic rings. The fourth-order valence-electron chi connectivity index (χ4n) is 1.68. The van der Waals surface area contributed by atoms with Gasteiger partial charge in [0.15, 0.2) is 0 Å². The minimum Gasteiger partial charge on any atom is -0.396 e. The fourth-order valence-corrected chi connectivity index (χ4v) is 1.68. The van der Waals surface area contributed by atoms with E-state index in [1.54, 1.807) is 4.57 Å². The lowest BCUT2D eigenvalue weighted by Gasteiger charge is -2.21. The predicted octanol–water partition coefficient (Wildman–Crippen LogP) is 1.55. The van der Waals surface area contributed by atoms with Gasteiger partial charge in [0.25, 0.3) is 11.6 Å². The first-order valence-corrected chi connectivity index (χ1v) is 6.54. The van der Waals surface area contributed by atoms with Gasteiger partial charge in [-0.15, -0.1) is 0 Å². The van der Waals surface area contributed by atoms with Crippen molar-refractivity contribution in [2.75, 3.05) is 13.2 Å². The Morgan fingerprint density at radius 2 is 2.20 bits per heavy atom. The molecular weight excluding hydrogens is 262 g/mol. The molecule has 20 heavy (non-hydrogen) atoms. The van der Waals surface area contributed by atoms with Crippen LogP contribution >= 0.6 is 0 Å². The summed E-state index contributed by atoms with van der Waals surface area (Å²) in [6, 6.07) is 1.27. The molecule has 1 amide bonds. The molecule has 0 fully saturated rings. The molecule has 0 spiro atoms. The third-order valence-corrected chi connectivity index (χ3v) is 2.95. The monoisotopic (exact) mass is 283 g/mol. The molecule has 2 N–H and O–H groups in total. The summed E-state index contributed by atoms with van der Waals surface area (Å²) in [5.41, 5.74) is -0.249. The van der Waals surface area contributed by atoms with Crippen LogP contribution in [0.25, 0.3) is 0 Å². The Balaban J connectivity index is 2.88. The molecule has 0 radical (unpaired) electrons. The molecular formula is C13H21N3O4. The highest BCUT2D eigenvalue weighted by atomic mass is 16.6. The van der Waals surface area contributed by atoms with Crippen LogP contribution in [-0.4, -0.2) is 33.7 Å². The van der Waals surface area contributed by atoms with E-state index in [0.717, 1.165) is 6.42 Å². The maximum Gasteiger partial charge on any atom is 0.287 e. The lowest BCUT2D eigenvalue weighted by atomic mass is 9.95. The zero-order valence-corrected chi connectivity index (χ0v) is 12.0. The van der Waals surface area contributed by atoms with Gasteiger partial charge in [0.2, 0.25) is 0 Å². The van der Waals surface area contributed by atoms with E-state index in [0.29, 0.717) is 13.1 Å². The predicted molar refractivity (Wildman–Crippen MR) is 74.6 cm³/mol. The summed E-state index contributed by atoms with van der Waals surface area (Å²) in [4.78, 5) is 22.4. The van der Waals surface area contributed by atoms with Crippen LogP contribution in [-0.2, 0) is 6.54 Å². The molecule has 7 heteroatoms. The first-order chi connectivity index (χ1) is 9.30. The standard InChI is InChI=1S/C13H21N3O4/c1-4-5-15-7-10(16(19)20)6-11(15)12(18)14-8-13(2,3)9-17/h6-7,17H,4-5,8-9H2,1-3H3,(H,14,18). The van der Waals surface area contributed by atoms with Gasteiger partial charge in [0.1, 0.15) is 5.69 Å². The van der Waals surface area contributed by atoms with Gasteiger partial charge in [-0.3, -0.25) is 14.9 Å². The molecule has 0 aliphatic heterocycles. The van der Waals surface area contributed by atoms with E-state index in [-0.39, 0.29) is 23.9 Å². The van der Waals surface area contributed by atoms with Crippen LogP contribution in [0.5, 0.6) is 0 Å². The molecule has 0 bridgehead atoms. The average Bonchev–Trinajstić information content (AvgIpc) is 2.81. The number of nitro groups is 1. The molecule has 1 aromatic heterocycles. The SMILES string of the molecule is CCCn1cc([N+](=O)[O-])cc1C(=O)NCC(C)(C)CO. The number of aryl methyl sites for hydroxylation is 1. The number of hydrogen-bond donors (Lipinski definition) is 2.